The molecule has 2 N–H and O–H groups in total. The number of carbonyl (C=O) groups is 1. The Labute approximate surface area is 218 Å². The van der Waals surface area contributed by atoms with Gasteiger partial charge in [-0.15, -0.1) is 0 Å². The van der Waals surface area contributed by atoms with Crippen molar-refractivity contribution in [2.45, 2.75) is 25.4 Å². The maximum atomic E-state index is 15.0. The number of halogens is 1. The van der Waals surface area contributed by atoms with Crippen LogP contribution in [0.15, 0.2) is 95.8 Å². The van der Waals surface area contributed by atoms with Crippen LogP contribution in [0.5, 0.6) is 5.75 Å². The first-order valence-corrected chi connectivity index (χ1v) is 12.5. The molecule has 188 valence electrons. The maximum Gasteiger partial charge on any atom is 0.272 e. The molecule has 4 aromatic carbocycles. The summed E-state index contributed by atoms with van der Waals surface area (Å²) in [6.07, 6.45) is 1.19. The number of H-pyrrole nitrogens is 1. The van der Waals surface area contributed by atoms with Crippen LogP contribution < -0.4 is 15.6 Å². The average Bonchev–Trinajstić information content (AvgIpc) is 2.95. The molecule has 1 amide bonds. The fourth-order valence-electron chi connectivity index (χ4n) is 4.90. The number of nitrogens with one attached hydrogen (secondary N) is 2. The third kappa shape index (κ3) is 4.66. The number of ether oxygens (including phenoxy) is 1. The van der Waals surface area contributed by atoms with E-state index in [0.717, 1.165) is 28.7 Å². The Morgan fingerprint density at radius 2 is 1.79 bits per heavy atom. The Morgan fingerprint density at radius 1 is 0.974 bits per heavy atom. The molecule has 6 nitrogen and oxygen atoms in total. The molecular formula is C31H24FN3O3. The number of amides is 1. The molecule has 38 heavy (non-hydrogen) atoms. The molecule has 0 saturated carbocycles. The number of fused-ring (bicyclic) bond motifs is 2. The van der Waals surface area contributed by atoms with Crippen LogP contribution in [0.3, 0.4) is 0 Å². The Morgan fingerprint density at radius 3 is 2.68 bits per heavy atom. The third-order valence-corrected chi connectivity index (χ3v) is 6.83. The van der Waals surface area contributed by atoms with Gasteiger partial charge in [0.25, 0.3) is 11.5 Å². The molecule has 0 spiro atoms. The number of para-hydroxylation sites is 1. The lowest BCUT2D eigenvalue weighted by atomic mass is 9.98. The van der Waals surface area contributed by atoms with Crippen molar-refractivity contribution in [2.75, 3.05) is 5.32 Å². The second kappa shape index (κ2) is 9.94. The van der Waals surface area contributed by atoms with E-state index in [-0.39, 0.29) is 17.3 Å². The summed E-state index contributed by atoms with van der Waals surface area (Å²) in [6, 6.07) is 27.0. The molecule has 0 radical (unpaired) electrons. The molecule has 1 atom stereocenters. The Bertz CT molecular complexity index is 1730. The van der Waals surface area contributed by atoms with Crippen molar-refractivity contribution in [3.05, 3.63) is 124 Å². The lowest BCUT2D eigenvalue weighted by Crippen LogP contribution is -2.35. The van der Waals surface area contributed by atoms with E-state index in [1.165, 1.54) is 6.07 Å². The average molecular weight is 506 g/mol. The van der Waals surface area contributed by atoms with E-state index in [9.17, 15) is 14.0 Å². The van der Waals surface area contributed by atoms with Crippen LogP contribution in [-0.2, 0) is 17.6 Å². The summed E-state index contributed by atoms with van der Waals surface area (Å²) in [5, 5.41) is 11.0. The van der Waals surface area contributed by atoms with Crippen molar-refractivity contribution in [1.29, 1.82) is 0 Å². The number of aryl methyl sites for hydroxylation is 1. The highest BCUT2D eigenvalue weighted by Gasteiger charge is 2.26. The second-order valence-corrected chi connectivity index (χ2v) is 9.36. The van der Waals surface area contributed by atoms with Gasteiger partial charge < -0.3 is 10.1 Å². The molecule has 1 unspecified atom stereocenters. The monoisotopic (exact) mass is 505 g/mol. The second-order valence-electron chi connectivity index (χ2n) is 9.36. The zero-order valence-corrected chi connectivity index (χ0v) is 20.4. The fraction of sp³-hybridized carbons (Fsp3) is 0.129. The van der Waals surface area contributed by atoms with E-state index in [1.54, 1.807) is 42.5 Å². The molecule has 6 rings (SSSR count). The van der Waals surface area contributed by atoms with Crippen LogP contribution in [0.4, 0.5) is 10.1 Å². The number of anilines is 1. The standard InChI is InChI=1S/C31H24FN3O3/c32-26-14-12-19(17-27-23-9-2-3-10-24(23)30(36)35-34-27)16-25(26)21-7-5-8-22(18-21)33-31(37)29-15-13-20-6-1-4-11-28(20)38-29/h1-12,14,16,18,29H,13,15,17H2,(H,33,37)(H,35,36). The summed E-state index contributed by atoms with van der Waals surface area (Å²) >= 11 is 0. The molecule has 0 bridgehead atoms. The summed E-state index contributed by atoms with van der Waals surface area (Å²) in [7, 11) is 0. The normalized spacial score (nSPS) is 14.5. The first-order valence-electron chi connectivity index (χ1n) is 12.5. The Kier molecular flexibility index (Phi) is 6.17. The number of nitrogens with zero attached hydrogens (tertiary/aromatic N) is 1. The van der Waals surface area contributed by atoms with Gasteiger partial charge in [-0.3, -0.25) is 9.59 Å². The predicted octanol–water partition coefficient (Wildman–Crippen LogP) is 5.65. The first-order chi connectivity index (χ1) is 18.5. The van der Waals surface area contributed by atoms with Crippen LogP contribution in [0, 0.1) is 5.82 Å². The molecule has 1 aliphatic rings. The Hall–Kier alpha value is -4.78. The molecule has 0 fully saturated rings. The number of hydrogen-bond acceptors (Lipinski definition) is 4. The molecule has 2 heterocycles. The van der Waals surface area contributed by atoms with Crippen LogP contribution in [0.2, 0.25) is 0 Å². The minimum atomic E-state index is -0.590. The van der Waals surface area contributed by atoms with Gasteiger partial charge in [0, 0.05) is 23.1 Å². The van der Waals surface area contributed by atoms with Gasteiger partial charge in [0.1, 0.15) is 11.6 Å². The molecule has 1 aromatic heterocycles. The van der Waals surface area contributed by atoms with Gasteiger partial charge in [-0.2, -0.15) is 5.10 Å². The molecule has 7 heteroatoms. The summed E-state index contributed by atoms with van der Waals surface area (Å²) in [4.78, 5) is 25.1. The quantitative estimate of drug-likeness (QED) is 0.323. The smallest absolute Gasteiger partial charge is 0.272 e. The largest absolute Gasteiger partial charge is 0.480 e. The van der Waals surface area contributed by atoms with E-state index in [1.807, 2.05) is 42.5 Å². The van der Waals surface area contributed by atoms with E-state index in [0.29, 0.717) is 40.7 Å². The number of rotatable bonds is 5. The summed E-state index contributed by atoms with van der Waals surface area (Å²) < 4.78 is 20.9. The van der Waals surface area contributed by atoms with E-state index in [4.69, 9.17) is 4.74 Å². The maximum absolute atomic E-state index is 15.0. The summed E-state index contributed by atoms with van der Waals surface area (Å²) in [6.45, 7) is 0. The molecule has 5 aromatic rings. The predicted molar refractivity (Wildman–Crippen MR) is 145 cm³/mol. The first kappa shape index (κ1) is 23.6. The van der Waals surface area contributed by atoms with Gasteiger partial charge in [-0.1, -0.05) is 54.6 Å². The van der Waals surface area contributed by atoms with Crippen LogP contribution in [0.1, 0.15) is 23.2 Å². The summed E-state index contributed by atoms with van der Waals surface area (Å²) in [5.74, 6) is 0.127. The van der Waals surface area contributed by atoms with Crippen LogP contribution in [-0.4, -0.2) is 22.2 Å². The number of benzene rings is 4. The van der Waals surface area contributed by atoms with Crippen molar-refractivity contribution in [3.8, 4) is 16.9 Å². The van der Waals surface area contributed by atoms with Gasteiger partial charge in [-0.05, 0) is 65.9 Å². The van der Waals surface area contributed by atoms with E-state index in [2.05, 4.69) is 15.5 Å². The fourth-order valence-corrected chi connectivity index (χ4v) is 4.90. The van der Waals surface area contributed by atoms with Crippen molar-refractivity contribution in [3.63, 3.8) is 0 Å². The van der Waals surface area contributed by atoms with Crippen LogP contribution in [0.25, 0.3) is 21.9 Å². The molecule has 0 aliphatic carbocycles. The van der Waals surface area contributed by atoms with Crippen molar-refractivity contribution >= 4 is 22.4 Å². The number of hydrogen-bond donors (Lipinski definition) is 2. The molecular weight excluding hydrogens is 481 g/mol. The van der Waals surface area contributed by atoms with Crippen molar-refractivity contribution in [1.82, 2.24) is 10.2 Å². The highest BCUT2D eigenvalue weighted by Crippen LogP contribution is 2.30. The number of aromatic amines is 1. The zero-order valence-electron chi connectivity index (χ0n) is 20.4. The number of carbonyl (C=O) groups excluding carboxylic acids is 1. The van der Waals surface area contributed by atoms with Gasteiger partial charge in [0.05, 0.1) is 11.1 Å². The van der Waals surface area contributed by atoms with Gasteiger partial charge >= 0.3 is 0 Å². The highest BCUT2D eigenvalue weighted by molar-refractivity contribution is 5.95. The lowest BCUT2D eigenvalue weighted by Gasteiger charge is -2.25. The van der Waals surface area contributed by atoms with Gasteiger partial charge in [-0.25, -0.2) is 9.49 Å². The summed E-state index contributed by atoms with van der Waals surface area (Å²) in [5.41, 5.74) is 4.01. The minimum Gasteiger partial charge on any atom is -0.480 e. The van der Waals surface area contributed by atoms with Gasteiger partial charge in [0.15, 0.2) is 6.10 Å². The topological polar surface area (TPSA) is 84.1 Å². The molecule has 1 aliphatic heterocycles. The third-order valence-electron chi connectivity index (χ3n) is 6.83. The highest BCUT2D eigenvalue weighted by atomic mass is 19.1. The van der Waals surface area contributed by atoms with Crippen molar-refractivity contribution < 1.29 is 13.9 Å². The SMILES string of the molecule is O=C(Nc1cccc(-c2cc(Cc3n[nH]c(=O)c4ccccc34)ccc2F)c1)C1CCc2ccccc2O1. The zero-order chi connectivity index (χ0) is 26.1. The lowest BCUT2D eigenvalue weighted by molar-refractivity contribution is -0.123. The Balaban J connectivity index is 1.23. The van der Waals surface area contributed by atoms with Crippen LogP contribution >= 0.6 is 0 Å². The molecule has 0 saturated heterocycles. The van der Waals surface area contributed by atoms with Crippen molar-refractivity contribution in [2.24, 2.45) is 0 Å². The minimum absolute atomic E-state index is 0.234. The van der Waals surface area contributed by atoms with Gasteiger partial charge in [0.2, 0.25) is 0 Å². The van der Waals surface area contributed by atoms with E-state index >= 15 is 0 Å². The number of aromatic nitrogens is 2. The van der Waals surface area contributed by atoms with E-state index < -0.39 is 6.10 Å².